The Kier molecular flexibility index (Phi) is 3.08. The molecule has 14 heavy (non-hydrogen) atoms. The average Bonchev–Trinajstić information content (AvgIpc) is 2.51. The van der Waals surface area contributed by atoms with Gasteiger partial charge in [-0.15, -0.1) is 11.6 Å². The van der Waals surface area contributed by atoms with E-state index in [4.69, 9.17) is 11.6 Å². The third-order valence-corrected chi connectivity index (χ3v) is 2.96. The van der Waals surface area contributed by atoms with E-state index in [1.807, 2.05) is 17.9 Å². The number of hydrogen-bond donors (Lipinski definition) is 0. The molecular weight excluding hydrogens is 198 g/mol. The van der Waals surface area contributed by atoms with E-state index in [-0.39, 0.29) is 0 Å². The Balaban J connectivity index is 1.90. The maximum absolute atomic E-state index is 6.12. The predicted octanol–water partition coefficient (Wildman–Crippen LogP) is 1.62. The SMILES string of the molecule is Cn1ccc(CN2CCCC(Cl)C2)n1. The molecule has 0 N–H and O–H groups in total. The minimum absolute atomic E-state index is 0.326. The van der Waals surface area contributed by atoms with Crippen molar-refractivity contribution in [2.75, 3.05) is 13.1 Å². The Bertz CT molecular complexity index is 297. The molecule has 1 fully saturated rings. The Hall–Kier alpha value is -0.540. The van der Waals surface area contributed by atoms with Crippen LogP contribution >= 0.6 is 11.6 Å². The number of aromatic nitrogens is 2. The van der Waals surface area contributed by atoms with Crippen molar-refractivity contribution in [3.63, 3.8) is 0 Å². The molecule has 1 aromatic rings. The smallest absolute Gasteiger partial charge is 0.0764 e. The fourth-order valence-corrected chi connectivity index (χ4v) is 2.27. The van der Waals surface area contributed by atoms with Gasteiger partial charge in [0.25, 0.3) is 0 Å². The molecule has 0 saturated carbocycles. The van der Waals surface area contributed by atoms with Crippen molar-refractivity contribution in [1.29, 1.82) is 0 Å². The van der Waals surface area contributed by atoms with Crippen LogP contribution in [0.15, 0.2) is 12.3 Å². The Morgan fingerprint density at radius 2 is 2.50 bits per heavy atom. The molecule has 0 spiro atoms. The largest absolute Gasteiger partial charge is 0.296 e. The summed E-state index contributed by atoms with van der Waals surface area (Å²) < 4.78 is 1.84. The number of likely N-dealkylation sites (tertiary alicyclic amines) is 1. The van der Waals surface area contributed by atoms with E-state index in [0.717, 1.165) is 31.7 Å². The molecule has 0 bridgehead atoms. The number of halogens is 1. The van der Waals surface area contributed by atoms with E-state index in [1.165, 1.54) is 6.42 Å². The molecule has 2 rings (SSSR count). The number of rotatable bonds is 2. The minimum atomic E-state index is 0.326. The van der Waals surface area contributed by atoms with Gasteiger partial charge in [-0.2, -0.15) is 5.10 Å². The summed E-state index contributed by atoms with van der Waals surface area (Å²) in [6.07, 6.45) is 4.35. The van der Waals surface area contributed by atoms with Crippen LogP contribution in [0.4, 0.5) is 0 Å². The van der Waals surface area contributed by atoms with Crippen LogP contribution in [0.5, 0.6) is 0 Å². The molecule has 0 amide bonds. The third-order valence-electron chi connectivity index (χ3n) is 2.60. The molecule has 78 valence electrons. The van der Waals surface area contributed by atoms with E-state index in [9.17, 15) is 0 Å². The highest BCUT2D eigenvalue weighted by molar-refractivity contribution is 6.20. The van der Waals surface area contributed by atoms with Crippen LogP contribution in [0.2, 0.25) is 0 Å². The quantitative estimate of drug-likeness (QED) is 0.697. The zero-order valence-corrected chi connectivity index (χ0v) is 9.24. The van der Waals surface area contributed by atoms with Crippen molar-refractivity contribution in [1.82, 2.24) is 14.7 Å². The normalized spacial score (nSPS) is 24.0. The second kappa shape index (κ2) is 4.32. The van der Waals surface area contributed by atoms with Crippen LogP contribution in [0.25, 0.3) is 0 Å². The summed E-state index contributed by atoms with van der Waals surface area (Å²) in [5.74, 6) is 0. The van der Waals surface area contributed by atoms with Gasteiger partial charge in [-0.1, -0.05) is 0 Å². The van der Waals surface area contributed by atoms with Gasteiger partial charge in [-0.3, -0.25) is 9.58 Å². The van der Waals surface area contributed by atoms with Crippen molar-refractivity contribution in [3.8, 4) is 0 Å². The van der Waals surface area contributed by atoms with Crippen molar-refractivity contribution in [3.05, 3.63) is 18.0 Å². The fourth-order valence-electron chi connectivity index (χ4n) is 1.92. The summed E-state index contributed by atoms with van der Waals surface area (Å²) in [5, 5.41) is 4.69. The van der Waals surface area contributed by atoms with Gasteiger partial charge in [0.2, 0.25) is 0 Å². The molecule has 4 heteroatoms. The number of piperidine rings is 1. The van der Waals surface area contributed by atoms with Crippen LogP contribution in [0, 0.1) is 0 Å². The predicted molar refractivity (Wildman–Crippen MR) is 57.4 cm³/mol. The molecule has 1 aliphatic rings. The van der Waals surface area contributed by atoms with Gasteiger partial charge >= 0.3 is 0 Å². The Morgan fingerprint density at radius 3 is 3.14 bits per heavy atom. The molecule has 1 unspecified atom stereocenters. The molecule has 2 heterocycles. The number of aryl methyl sites for hydroxylation is 1. The summed E-state index contributed by atoms with van der Waals surface area (Å²) in [6.45, 7) is 3.09. The standard InChI is InChI=1S/C10H16ClN3/c1-13-6-4-10(12-13)8-14-5-2-3-9(11)7-14/h4,6,9H,2-3,5,7-8H2,1H3. The van der Waals surface area contributed by atoms with Gasteiger partial charge in [0.1, 0.15) is 0 Å². The highest BCUT2D eigenvalue weighted by Crippen LogP contribution is 2.16. The third kappa shape index (κ3) is 2.49. The van der Waals surface area contributed by atoms with Gasteiger partial charge in [-0.25, -0.2) is 0 Å². The molecule has 1 aliphatic heterocycles. The molecule has 0 aromatic carbocycles. The highest BCUT2D eigenvalue weighted by Gasteiger charge is 2.18. The summed E-state index contributed by atoms with van der Waals surface area (Å²) in [5.41, 5.74) is 1.14. The van der Waals surface area contributed by atoms with E-state index in [1.54, 1.807) is 0 Å². The molecule has 0 radical (unpaired) electrons. The topological polar surface area (TPSA) is 21.1 Å². The molecule has 1 aromatic heterocycles. The van der Waals surface area contributed by atoms with Crippen molar-refractivity contribution >= 4 is 11.6 Å². The first-order valence-electron chi connectivity index (χ1n) is 5.09. The lowest BCUT2D eigenvalue weighted by molar-refractivity contribution is 0.221. The molecular formula is C10H16ClN3. The first-order chi connectivity index (χ1) is 6.74. The average molecular weight is 214 g/mol. The van der Waals surface area contributed by atoms with Crippen LogP contribution in [0.1, 0.15) is 18.5 Å². The lowest BCUT2D eigenvalue weighted by Crippen LogP contribution is -2.35. The summed E-state index contributed by atoms with van der Waals surface area (Å²) >= 11 is 6.12. The highest BCUT2D eigenvalue weighted by atomic mass is 35.5. The van der Waals surface area contributed by atoms with Crippen LogP contribution in [-0.4, -0.2) is 33.1 Å². The van der Waals surface area contributed by atoms with Gasteiger partial charge in [-0.05, 0) is 25.5 Å². The lowest BCUT2D eigenvalue weighted by Gasteiger charge is -2.28. The van der Waals surface area contributed by atoms with Crippen LogP contribution < -0.4 is 0 Å². The van der Waals surface area contributed by atoms with Crippen molar-refractivity contribution in [2.45, 2.75) is 24.8 Å². The van der Waals surface area contributed by atoms with Crippen LogP contribution in [-0.2, 0) is 13.6 Å². The summed E-state index contributed by atoms with van der Waals surface area (Å²) in [6, 6.07) is 2.07. The number of alkyl halides is 1. The van der Waals surface area contributed by atoms with Gasteiger partial charge in [0.05, 0.1) is 5.69 Å². The van der Waals surface area contributed by atoms with E-state index < -0.39 is 0 Å². The first kappa shape index (κ1) is 9.99. The van der Waals surface area contributed by atoms with Crippen molar-refractivity contribution < 1.29 is 0 Å². The Labute approximate surface area is 89.7 Å². The second-order valence-corrected chi connectivity index (χ2v) is 4.57. The van der Waals surface area contributed by atoms with Gasteiger partial charge < -0.3 is 0 Å². The van der Waals surface area contributed by atoms with Crippen LogP contribution in [0.3, 0.4) is 0 Å². The van der Waals surface area contributed by atoms with Gasteiger partial charge in [0.15, 0.2) is 0 Å². The minimum Gasteiger partial charge on any atom is -0.296 e. The zero-order valence-electron chi connectivity index (χ0n) is 8.49. The zero-order chi connectivity index (χ0) is 9.97. The molecule has 1 atom stereocenters. The Morgan fingerprint density at radius 1 is 1.64 bits per heavy atom. The molecule has 3 nitrogen and oxygen atoms in total. The summed E-state index contributed by atoms with van der Waals surface area (Å²) in [7, 11) is 1.95. The van der Waals surface area contributed by atoms with E-state index >= 15 is 0 Å². The maximum Gasteiger partial charge on any atom is 0.0764 e. The van der Waals surface area contributed by atoms with Gasteiger partial charge in [0, 0.05) is 31.7 Å². The molecule has 0 aliphatic carbocycles. The van der Waals surface area contributed by atoms with E-state index in [0.29, 0.717) is 5.38 Å². The van der Waals surface area contributed by atoms with Crippen molar-refractivity contribution in [2.24, 2.45) is 7.05 Å². The lowest BCUT2D eigenvalue weighted by atomic mass is 10.1. The fraction of sp³-hybridized carbons (Fsp3) is 0.700. The monoisotopic (exact) mass is 213 g/mol. The summed E-state index contributed by atoms with van der Waals surface area (Å²) in [4.78, 5) is 2.38. The molecule has 1 saturated heterocycles. The first-order valence-corrected chi connectivity index (χ1v) is 5.52. The maximum atomic E-state index is 6.12. The second-order valence-electron chi connectivity index (χ2n) is 3.96. The van der Waals surface area contributed by atoms with E-state index in [2.05, 4.69) is 16.1 Å². The number of hydrogen-bond acceptors (Lipinski definition) is 2. The number of nitrogens with zero attached hydrogens (tertiary/aromatic N) is 3.